The van der Waals surface area contributed by atoms with Crippen LogP contribution in [0.25, 0.3) is 0 Å². The molecule has 2 fully saturated rings. The molecule has 2 aliphatic heterocycles. The monoisotopic (exact) mass is 277 g/mol. The lowest BCUT2D eigenvalue weighted by Gasteiger charge is -2.41. The van der Waals surface area contributed by atoms with Gasteiger partial charge in [0.1, 0.15) is 0 Å². The van der Waals surface area contributed by atoms with E-state index in [1.807, 2.05) is 24.0 Å². The van der Waals surface area contributed by atoms with E-state index in [1.165, 1.54) is 63.3 Å². The number of rotatable bonds is 3. The van der Waals surface area contributed by atoms with Crippen LogP contribution < -0.4 is 0 Å². The lowest BCUT2D eigenvalue weighted by atomic mass is 10.1. The van der Waals surface area contributed by atoms with Crippen LogP contribution >= 0.6 is 11.8 Å². The minimum Gasteiger partial charge on any atom is -0.250 e. The fourth-order valence-corrected chi connectivity index (χ4v) is 4.06. The molecule has 0 N–H and O–H groups in total. The Kier molecular flexibility index (Phi) is 4.75. The van der Waals surface area contributed by atoms with E-state index in [-0.39, 0.29) is 0 Å². The van der Waals surface area contributed by atoms with Crippen molar-refractivity contribution in [1.29, 1.82) is 0 Å². The Bertz CT molecular complexity index is 370. The van der Waals surface area contributed by atoms with E-state index >= 15 is 0 Å². The Morgan fingerprint density at radius 3 is 2.37 bits per heavy atom. The number of pyridine rings is 1. The van der Waals surface area contributed by atoms with Gasteiger partial charge in [-0.15, -0.1) is 11.8 Å². The zero-order chi connectivity index (χ0) is 12.9. The maximum Gasteiger partial charge on any atom is 0.0962 e. The van der Waals surface area contributed by atoms with E-state index in [4.69, 9.17) is 0 Å². The third-order valence-electron chi connectivity index (χ3n) is 4.08. The van der Waals surface area contributed by atoms with Gasteiger partial charge < -0.3 is 0 Å². The predicted octanol–water partition coefficient (Wildman–Crippen LogP) is 3.04. The van der Waals surface area contributed by atoms with Gasteiger partial charge in [0.25, 0.3) is 0 Å². The summed E-state index contributed by atoms with van der Waals surface area (Å²) < 4.78 is 0. The third kappa shape index (κ3) is 3.71. The van der Waals surface area contributed by atoms with Crippen LogP contribution in [0.4, 0.5) is 0 Å². The normalized spacial score (nSPS) is 23.6. The molecule has 19 heavy (non-hydrogen) atoms. The van der Waals surface area contributed by atoms with E-state index in [9.17, 15) is 0 Å². The van der Waals surface area contributed by atoms with Crippen LogP contribution in [0.1, 0.15) is 32.1 Å². The van der Waals surface area contributed by atoms with Gasteiger partial charge in [0.15, 0.2) is 0 Å². The summed E-state index contributed by atoms with van der Waals surface area (Å²) in [6.07, 6.45) is 8.65. The molecule has 104 valence electrons. The zero-order valence-corrected chi connectivity index (χ0v) is 12.3. The number of aromatic nitrogens is 1. The van der Waals surface area contributed by atoms with Gasteiger partial charge in [-0.3, -0.25) is 0 Å². The number of thioether (sulfide) groups is 1. The van der Waals surface area contributed by atoms with E-state index in [1.54, 1.807) is 0 Å². The highest BCUT2D eigenvalue weighted by Gasteiger charge is 2.25. The highest BCUT2D eigenvalue weighted by molar-refractivity contribution is 7.99. The van der Waals surface area contributed by atoms with Gasteiger partial charge in [0, 0.05) is 37.6 Å². The lowest BCUT2D eigenvalue weighted by molar-refractivity contribution is -0.0508. The fourth-order valence-electron chi connectivity index (χ4n) is 2.99. The summed E-state index contributed by atoms with van der Waals surface area (Å²) in [5, 5.41) is 7.11. The van der Waals surface area contributed by atoms with Crippen molar-refractivity contribution in [1.82, 2.24) is 15.0 Å². The summed E-state index contributed by atoms with van der Waals surface area (Å²) in [6.45, 7) is 5.01. The Hall–Kier alpha value is -0.580. The minimum absolute atomic E-state index is 0.746. The highest BCUT2D eigenvalue weighted by Crippen LogP contribution is 2.29. The van der Waals surface area contributed by atoms with Crippen molar-refractivity contribution in [2.45, 2.75) is 42.4 Å². The van der Waals surface area contributed by atoms with Crippen molar-refractivity contribution >= 4 is 11.8 Å². The SMILES string of the molecule is c1ccc(SC2CCN(N3CCCCC3)CC2)nc1. The Morgan fingerprint density at radius 1 is 0.947 bits per heavy atom. The second-order valence-electron chi connectivity index (χ2n) is 5.45. The number of nitrogens with zero attached hydrogens (tertiary/aromatic N) is 3. The van der Waals surface area contributed by atoms with Crippen molar-refractivity contribution in [2.24, 2.45) is 0 Å². The van der Waals surface area contributed by atoms with Crippen molar-refractivity contribution in [3.63, 3.8) is 0 Å². The first-order chi connectivity index (χ1) is 9.42. The molecule has 2 saturated heterocycles. The van der Waals surface area contributed by atoms with Gasteiger partial charge >= 0.3 is 0 Å². The van der Waals surface area contributed by atoms with Gasteiger partial charge in [-0.2, -0.15) is 0 Å². The lowest BCUT2D eigenvalue weighted by Crippen LogP contribution is -2.49. The van der Waals surface area contributed by atoms with E-state index in [0.29, 0.717) is 0 Å². The van der Waals surface area contributed by atoms with E-state index in [0.717, 1.165) is 5.25 Å². The van der Waals surface area contributed by atoms with Crippen LogP contribution in [0.3, 0.4) is 0 Å². The van der Waals surface area contributed by atoms with Crippen LogP contribution in [0.2, 0.25) is 0 Å². The van der Waals surface area contributed by atoms with Crippen molar-refractivity contribution in [3.05, 3.63) is 24.4 Å². The van der Waals surface area contributed by atoms with Crippen LogP contribution in [-0.4, -0.2) is 46.4 Å². The molecular weight excluding hydrogens is 254 g/mol. The first-order valence-electron chi connectivity index (χ1n) is 7.49. The van der Waals surface area contributed by atoms with Crippen LogP contribution in [-0.2, 0) is 0 Å². The van der Waals surface area contributed by atoms with Crippen LogP contribution in [0.5, 0.6) is 0 Å². The largest absolute Gasteiger partial charge is 0.250 e. The molecule has 0 aromatic carbocycles. The minimum atomic E-state index is 0.746. The Balaban J connectivity index is 1.46. The Labute approximate surface area is 120 Å². The molecule has 2 aliphatic rings. The first-order valence-corrected chi connectivity index (χ1v) is 8.37. The molecule has 0 amide bonds. The average molecular weight is 277 g/mol. The number of hydrogen-bond donors (Lipinski definition) is 0. The molecule has 0 aliphatic carbocycles. The van der Waals surface area contributed by atoms with Gasteiger partial charge in [-0.25, -0.2) is 15.0 Å². The second-order valence-corrected chi connectivity index (χ2v) is 6.77. The number of hydrazine groups is 1. The van der Waals surface area contributed by atoms with Gasteiger partial charge in [-0.05, 0) is 37.8 Å². The maximum absolute atomic E-state index is 4.42. The molecule has 1 aromatic heterocycles. The molecule has 0 atom stereocenters. The molecule has 0 spiro atoms. The van der Waals surface area contributed by atoms with Gasteiger partial charge in [-0.1, -0.05) is 12.5 Å². The Morgan fingerprint density at radius 2 is 1.68 bits per heavy atom. The van der Waals surface area contributed by atoms with E-state index in [2.05, 4.69) is 27.1 Å². The molecule has 1 aromatic rings. The smallest absolute Gasteiger partial charge is 0.0962 e. The average Bonchev–Trinajstić information content (AvgIpc) is 2.50. The maximum atomic E-state index is 4.42. The number of piperidine rings is 2. The highest BCUT2D eigenvalue weighted by atomic mass is 32.2. The zero-order valence-electron chi connectivity index (χ0n) is 11.5. The summed E-state index contributed by atoms with van der Waals surface area (Å²) in [5.74, 6) is 0. The van der Waals surface area contributed by atoms with Gasteiger partial charge in [0.05, 0.1) is 5.03 Å². The molecule has 4 heteroatoms. The van der Waals surface area contributed by atoms with Crippen LogP contribution in [0.15, 0.2) is 29.4 Å². The summed E-state index contributed by atoms with van der Waals surface area (Å²) >= 11 is 1.96. The molecule has 0 saturated carbocycles. The summed E-state index contributed by atoms with van der Waals surface area (Å²) in [6, 6.07) is 6.20. The standard InChI is InChI=1S/C15H23N3S/c1-4-10-17(11-5-1)18-12-7-14(8-13-18)19-15-6-2-3-9-16-15/h2-3,6,9,14H,1,4-5,7-8,10-13H2. The van der Waals surface area contributed by atoms with E-state index < -0.39 is 0 Å². The summed E-state index contributed by atoms with van der Waals surface area (Å²) in [5.41, 5.74) is 0. The van der Waals surface area contributed by atoms with Crippen molar-refractivity contribution in [3.8, 4) is 0 Å². The molecular formula is C15H23N3S. The topological polar surface area (TPSA) is 19.4 Å². The molecule has 0 bridgehead atoms. The van der Waals surface area contributed by atoms with Gasteiger partial charge in [0.2, 0.25) is 0 Å². The molecule has 3 heterocycles. The quantitative estimate of drug-likeness (QED) is 0.845. The fraction of sp³-hybridized carbons (Fsp3) is 0.667. The van der Waals surface area contributed by atoms with Crippen molar-refractivity contribution in [2.75, 3.05) is 26.2 Å². The van der Waals surface area contributed by atoms with Crippen LogP contribution in [0, 0.1) is 0 Å². The molecule has 0 unspecified atom stereocenters. The first kappa shape index (κ1) is 13.4. The third-order valence-corrected chi connectivity index (χ3v) is 5.36. The molecule has 3 rings (SSSR count). The van der Waals surface area contributed by atoms with Crippen molar-refractivity contribution < 1.29 is 0 Å². The number of hydrogen-bond acceptors (Lipinski definition) is 4. The second kappa shape index (κ2) is 6.73. The molecule has 0 radical (unpaired) electrons. The predicted molar refractivity (Wildman–Crippen MR) is 80.1 cm³/mol. The molecule has 3 nitrogen and oxygen atoms in total. The summed E-state index contributed by atoms with van der Waals surface area (Å²) in [7, 11) is 0. The summed E-state index contributed by atoms with van der Waals surface area (Å²) in [4.78, 5) is 4.42.